The number of carbonyl (C=O) groups excluding carboxylic acids is 1. The minimum absolute atomic E-state index is 0.0618. The van der Waals surface area contributed by atoms with Crippen molar-refractivity contribution in [1.82, 2.24) is 0 Å². The van der Waals surface area contributed by atoms with Crippen LogP contribution in [0, 0.1) is 5.92 Å². The van der Waals surface area contributed by atoms with Crippen molar-refractivity contribution < 1.29 is 9.53 Å². The summed E-state index contributed by atoms with van der Waals surface area (Å²) in [5.41, 5.74) is 0.586. The molecule has 0 aromatic rings. The second kappa shape index (κ2) is 4.82. The number of nitrogens with zero attached hydrogens (tertiary/aromatic N) is 1. The van der Waals surface area contributed by atoms with Crippen molar-refractivity contribution in [3.8, 4) is 0 Å². The fourth-order valence-corrected chi connectivity index (χ4v) is 2.24. The van der Waals surface area contributed by atoms with E-state index in [0.717, 1.165) is 0 Å². The Morgan fingerprint density at radius 3 is 2.57 bits per heavy atom. The molecule has 80 valence electrons. The Morgan fingerprint density at radius 1 is 1.50 bits per heavy atom. The van der Waals surface area contributed by atoms with E-state index in [2.05, 4.69) is 18.8 Å². The lowest BCUT2D eigenvalue weighted by atomic mass is 10.2. The normalized spacial score (nSPS) is 21.6. The first kappa shape index (κ1) is 11.6. The van der Waals surface area contributed by atoms with E-state index in [1.165, 1.54) is 0 Å². The minimum atomic E-state index is -0.254. The van der Waals surface area contributed by atoms with Gasteiger partial charge in [-0.1, -0.05) is 13.8 Å². The Morgan fingerprint density at radius 2 is 2.14 bits per heavy atom. The number of hydrogen-bond donors (Lipinski definition) is 0. The summed E-state index contributed by atoms with van der Waals surface area (Å²) in [6.07, 6.45) is -0.0618. The zero-order valence-electron chi connectivity index (χ0n) is 9.11. The van der Waals surface area contributed by atoms with Gasteiger partial charge in [-0.05, 0) is 19.8 Å². The molecule has 0 aromatic carbocycles. The molecular formula is C10H17NO2S. The van der Waals surface area contributed by atoms with Crippen LogP contribution in [-0.2, 0) is 9.53 Å². The van der Waals surface area contributed by atoms with Crippen molar-refractivity contribution in [3.63, 3.8) is 0 Å². The molecule has 0 saturated carbocycles. The SMILES string of the molecule is CC(C)OC(=O)C1=NC(C(C)C)SC1. The zero-order chi connectivity index (χ0) is 10.7. The van der Waals surface area contributed by atoms with Crippen molar-refractivity contribution >= 4 is 23.4 Å². The van der Waals surface area contributed by atoms with Crippen molar-refractivity contribution in [3.05, 3.63) is 0 Å². The molecule has 0 saturated heterocycles. The van der Waals surface area contributed by atoms with E-state index in [1.54, 1.807) is 11.8 Å². The zero-order valence-corrected chi connectivity index (χ0v) is 9.93. The molecular weight excluding hydrogens is 198 g/mol. The fraction of sp³-hybridized carbons (Fsp3) is 0.800. The topological polar surface area (TPSA) is 38.7 Å². The summed E-state index contributed by atoms with van der Waals surface area (Å²) in [6.45, 7) is 7.91. The van der Waals surface area contributed by atoms with Gasteiger partial charge in [-0.15, -0.1) is 11.8 Å². The Balaban J connectivity index is 2.54. The Labute approximate surface area is 89.3 Å². The van der Waals surface area contributed by atoms with E-state index in [0.29, 0.717) is 17.4 Å². The lowest BCUT2D eigenvalue weighted by Crippen LogP contribution is -2.21. The van der Waals surface area contributed by atoms with E-state index >= 15 is 0 Å². The summed E-state index contributed by atoms with van der Waals surface area (Å²) < 4.78 is 5.08. The summed E-state index contributed by atoms with van der Waals surface area (Å²) in [5, 5.41) is 0.227. The number of aliphatic imine (C=N–C) groups is 1. The average Bonchev–Trinajstić information content (AvgIpc) is 2.50. The summed E-state index contributed by atoms with van der Waals surface area (Å²) in [6, 6.07) is 0. The Kier molecular flexibility index (Phi) is 3.98. The third-order valence-corrected chi connectivity index (χ3v) is 3.25. The van der Waals surface area contributed by atoms with Crippen molar-refractivity contribution in [2.75, 3.05) is 5.75 Å². The van der Waals surface area contributed by atoms with Gasteiger partial charge in [-0.2, -0.15) is 0 Å². The molecule has 1 aliphatic heterocycles. The average molecular weight is 215 g/mol. The first-order valence-electron chi connectivity index (χ1n) is 4.90. The molecule has 0 fully saturated rings. The predicted octanol–water partition coefficient (Wildman–Crippen LogP) is 2.11. The number of rotatable bonds is 3. The highest BCUT2D eigenvalue weighted by molar-refractivity contribution is 8.01. The van der Waals surface area contributed by atoms with Gasteiger partial charge in [0.1, 0.15) is 5.71 Å². The second-order valence-electron chi connectivity index (χ2n) is 3.98. The van der Waals surface area contributed by atoms with Crippen LogP contribution < -0.4 is 0 Å². The maximum atomic E-state index is 11.5. The Bertz CT molecular complexity index is 249. The van der Waals surface area contributed by atoms with Gasteiger partial charge in [0.15, 0.2) is 0 Å². The molecule has 1 heterocycles. The first-order valence-corrected chi connectivity index (χ1v) is 5.95. The quantitative estimate of drug-likeness (QED) is 0.677. The van der Waals surface area contributed by atoms with Crippen LogP contribution in [0.1, 0.15) is 27.7 Å². The molecule has 0 spiro atoms. The summed E-state index contributed by atoms with van der Waals surface area (Å²) in [4.78, 5) is 15.8. The van der Waals surface area contributed by atoms with Gasteiger partial charge in [0, 0.05) is 5.75 Å². The van der Waals surface area contributed by atoms with Crippen LogP contribution in [0.2, 0.25) is 0 Å². The van der Waals surface area contributed by atoms with Crippen LogP contribution in [0.25, 0.3) is 0 Å². The van der Waals surface area contributed by atoms with Crippen molar-refractivity contribution in [1.29, 1.82) is 0 Å². The third-order valence-electron chi connectivity index (χ3n) is 1.82. The molecule has 0 aromatic heterocycles. The number of esters is 1. The summed E-state index contributed by atoms with van der Waals surface area (Å²) in [5.74, 6) is 0.911. The fourth-order valence-electron chi connectivity index (χ4n) is 1.13. The standard InChI is InChI=1S/C10H17NO2S/c1-6(2)9-11-8(5-14-9)10(12)13-7(3)4/h6-7,9H,5H2,1-4H3. The highest BCUT2D eigenvalue weighted by Crippen LogP contribution is 2.27. The number of ether oxygens (including phenoxy) is 1. The number of carbonyl (C=O) groups is 1. The minimum Gasteiger partial charge on any atom is -0.458 e. The van der Waals surface area contributed by atoms with Gasteiger partial charge in [-0.3, -0.25) is 4.99 Å². The first-order chi connectivity index (χ1) is 6.50. The molecule has 0 amide bonds. The lowest BCUT2D eigenvalue weighted by molar-refractivity contribution is -0.139. The lowest BCUT2D eigenvalue weighted by Gasteiger charge is -2.08. The van der Waals surface area contributed by atoms with Gasteiger partial charge >= 0.3 is 5.97 Å². The van der Waals surface area contributed by atoms with E-state index in [1.807, 2.05) is 13.8 Å². The van der Waals surface area contributed by atoms with E-state index in [4.69, 9.17) is 4.74 Å². The van der Waals surface area contributed by atoms with E-state index in [-0.39, 0.29) is 17.4 Å². The van der Waals surface area contributed by atoms with Crippen LogP contribution in [0.3, 0.4) is 0 Å². The number of hydrogen-bond acceptors (Lipinski definition) is 4. The van der Waals surface area contributed by atoms with Crippen molar-refractivity contribution in [2.45, 2.75) is 39.2 Å². The molecule has 3 nitrogen and oxygen atoms in total. The summed E-state index contributed by atoms with van der Waals surface area (Å²) >= 11 is 1.71. The molecule has 0 radical (unpaired) electrons. The van der Waals surface area contributed by atoms with Gasteiger partial charge < -0.3 is 4.74 Å². The molecule has 0 bridgehead atoms. The molecule has 4 heteroatoms. The van der Waals surface area contributed by atoms with Gasteiger partial charge in [0.2, 0.25) is 0 Å². The maximum Gasteiger partial charge on any atom is 0.353 e. The molecule has 1 atom stereocenters. The van der Waals surface area contributed by atoms with Crippen LogP contribution in [-0.4, -0.2) is 28.9 Å². The van der Waals surface area contributed by atoms with Crippen LogP contribution in [0.5, 0.6) is 0 Å². The molecule has 1 unspecified atom stereocenters. The molecule has 0 N–H and O–H groups in total. The smallest absolute Gasteiger partial charge is 0.353 e. The number of thioether (sulfide) groups is 1. The van der Waals surface area contributed by atoms with Crippen LogP contribution in [0.4, 0.5) is 0 Å². The third kappa shape index (κ3) is 3.01. The molecule has 0 aliphatic carbocycles. The predicted molar refractivity (Wildman–Crippen MR) is 59.7 cm³/mol. The molecule has 1 aliphatic rings. The van der Waals surface area contributed by atoms with Crippen molar-refractivity contribution in [2.24, 2.45) is 10.9 Å². The monoisotopic (exact) mass is 215 g/mol. The largest absolute Gasteiger partial charge is 0.458 e. The second-order valence-corrected chi connectivity index (χ2v) is 5.08. The highest BCUT2D eigenvalue weighted by atomic mass is 32.2. The van der Waals surface area contributed by atoms with Gasteiger partial charge in [0.25, 0.3) is 0 Å². The van der Waals surface area contributed by atoms with Gasteiger partial charge in [0.05, 0.1) is 11.5 Å². The molecule has 1 rings (SSSR count). The van der Waals surface area contributed by atoms with Gasteiger partial charge in [-0.25, -0.2) is 4.79 Å². The highest BCUT2D eigenvalue weighted by Gasteiger charge is 2.26. The van der Waals surface area contributed by atoms with Crippen LogP contribution >= 0.6 is 11.8 Å². The van der Waals surface area contributed by atoms with Crippen LogP contribution in [0.15, 0.2) is 4.99 Å². The molecule has 14 heavy (non-hydrogen) atoms. The maximum absolute atomic E-state index is 11.5. The van der Waals surface area contributed by atoms with E-state index < -0.39 is 0 Å². The van der Waals surface area contributed by atoms with E-state index in [9.17, 15) is 4.79 Å². The Hall–Kier alpha value is -0.510. The summed E-state index contributed by atoms with van der Waals surface area (Å²) in [7, 11) is 0.